The molecule has 6 heteroatoms. The van der Waals surface area contributed by atoms with E-state index in [1.54, 1.807) is 7.05 Å². The third kappa shape index (κ3) is 4.94. The molecule has 0 saturated heterocycles. The van der Waals surface area contributed by atoms with Gasteiger partial charge in [0.25, 0.3) is 0 Å². The molecule has 0 unspecified atom stereocenters. The second-order valence-corrected chi connectivity index (χ2v) is 7.34. The first-order valence-corrected chi connectivity index (χ1v) is 8.09. The van der Waals surface area contributed by atoms with E-state index in [4.69, 9.17) is 5.11 Å². The number of aromatic carboxylic acids is 1. The Morgan fingerprint density at radius 1 is 1.25 bits per heavy atom. The molecule has 5 nitrogen and oxygen atoms in total. The van der Waals surface area contributed by atoms with Crippen molar-refractivity contribution in [2.45, 2.75) is 26.0 Å². The van der Waals surface area contributed by atoms with Gasteiger partial charge in [0.2, 0.25) is 10.0 Å². The molecule has 0 saturated carbocycles. The Hall–Kier alpha value is -1.40. The maximum absolute atomic E-state index is 12.1. The number of hydrogen-bond donors (Lipinski definition) is 1. The van der Waals surface area contributed by atoms with Crippen LogP contribution >= 0.6 is 0 Å². The molecule has 0 bridgehead atoms. The lowest BCUT2D eigenvalue weighted by molar-refractivity contribution is 0.0697. The van der Waals surface area contributed by atoms with E-state index in [0.717, 1.165) is 6.42 Å². The first-order valence-electron chi connectivity index (χ1n) is 6.48. The third-order valence-corrected chi connectivity index (χ3v) is 4.88. The number of nitrogens with zero attached hydrogens (tertiary/aromatic N) is 1. The van der Waals surface area contributed by atoms with Gasteiger partial charge in [0, 0.05) is 13.6 Å². The number of hydrogen-bond acceptors (Lipinski definition) is 3. The summed E-state index contributed by atoms with van der Waals surface area (Å²) >= 11 is 0. The molecule has 1 N–H and O–H groups in total. The fraction of sp³-hybridized carbons (Fsp3) is 0.500. The van der Waals surface area contributed by atoms with Gasteiger partial charge in [0.15, 0.2) is 0 Å². The zero-order chi connectivity index (χ0) is 15.3. The van der Waals surface area contributed by atoms with Crippen molar-refractivity contribution in [1.82, 2.24) is 4.31 Å². The van der Waals surface area contributed by atoms with Crippen LogP contribution in [0.25, 0.3) is 0 Å². The number of carbonyl (C=O) groups is 1. The Balaban J connectivity index is 2.72. The summed E-state index contributed by atoms with van der Waals surface area (Å²) in [5.41, 5.74) is 0.741. The number of benzene rings is 1. The molecule has 0 atom stereocenters. The molecule has 0 aliphatic heterocycles. The monoisotopic (exact) mass is 299 g/mol. The molecule has 112 valence electrons. The van der Waals surface area contributed by atoms with Crippen LogP contribution in [-0.2, 0) is 15.8 Å². The van der Waals surface area contributed by atoms with Crippen LogP contribution in [0.1, 0.15) is 36.2 Å². The van der Waals surface area contributed by atoms with Crippen molar-refractivity contribution in [2.24, 2.45) is 5.92 Å². The molecule has 0 fully saturated rings. The summed E-state index contributed by atoms with van der Waals surface area (Å²) in [5.74, 6) is -0.683. The van der Waals surface area contributed by atoms with Gasteiger partial charge in [-0.25, -0.2) is 17.5 Å². The van der Waals surface area contributed by atoms with Crippen LogP contribution in [0.4, 0.5) is 0 Å². The molecule has 0 aromatic heterocycles. The molecular weight excluding hydrogens is 278 g/mol. The van der Waals surface area contributed by atoms with Crippen molar-refractivity contribution in [3.8, 4) is 0 Å². The van der Waals surface area contributed by atoms with Crippen LogP contribution < -0.4 is 0 Å². The van der Waals surface area contributed by atoms with Gasteiger partial charge in [-0.05, 0) is 30.0 Å². The lowest BCUT2D eigenvalue weighted by Crippen LogP contribution is -2.29. The lowest BCUT2D eigenvalue weighted by atomic mass is 10.1. The highest BCUT2D eigenvalue weighted by Crippen LogP contribution is 2.12. The standard InChI is InChI=1S/C14H21NO4S/c1-11(2)8-9-15(3)20(18,19)10-12-4-6-13(7-5-12)14(16)17/h4-7,11H,8-10H2,1-3H3,(H,16,17). The van der Waals surface area contributed by atoms with Crippen molar-refractivity contribution >= 4 is 16.0 Å². The number of carboxylic acid groups (broad SMARTS) is 1. The molecule has 0 heterocycles. The van der Waals surface area contributed by atoms with E-state index in [-0.39, 0.29) is 11.3 Å². The maximum atomic E-state index is 12.1. The largest absolute Gasteiger partial charge is 0.478 e. The van der Waals surface area contributed by atoms with Crippen LogP contribution in [0.15, 0.2) is 24.3 Å². The van der Waals surface area contributed by atoms with E-state index in [1.807, 2.05) is 13.8 Å². The van der Waals surface area contributed by atoms with Crippen molar-refractivity contribution in [3.63, 3.8) is 0 Å². The summed E-state index contributed by atoms with van der Waals surface area (Å²) in [6.07, 6.45) is 0.813. The predicted molar refractivity (Wildman–Crippen MR) is 78.1 cm³/mol. The van der Waals surface area contributed by atoms with E-state index in [1.165, 1.54) is 28.6 Å². The van der Waals surface area contributed by atoms with Gasteiger partial charge in [-0.3, -0.25) is 0 Å². The van der Waals surface area contributed by atoms with Crippen LogP contribution in [0.3, 0.4) is 0 Å². The minimum absolute atomic E-state index is 0.110. The normalized spacial score (nSPS) is 12.1. The number of rotatable bonds is 7. The molecule has 0 aliphatic rings. The van der Waals surface area contributed by atoms with Gasteiger partial charge in [0.05, 0.1) is 11.3 Å². The molecular formula is C14H21NO4S. The van der Waals surface area contributed by atoms with E-state index in [0.29, 0.717) is 18.0 Å². The van der Waals surface area contributed by atoms with E-state index in [9.17, 15) is 13.2 Å². The van der Waals surface area contributed by atoms with E-state index in [2.05, 4.69) is 0 Å². The molecule has 1 aromatic rings. The zero-order valence-corrected chi connectivity index (χ0v) is 12.9. The van der Waals surface area contributed by atoms with Gasteiger partial charge in [-0.15, -0.1) is 0 Å². The van der Waals surface area contributed by atoms with Crippen LogP contribution in [-0.4, -0.2) is 37.4 Å². The molecule has 1 rings (SSSR count). The van der Waals surface area contributed by atoms with Crippen molar-refractivity contribution in [1.29, 1.82) is 0 Å². The van der Waals surface area contributed by atoms with Crippen molar-refractivity contribution < 1.29 is 18.3 Å². The highest BCUT2D eigenvalue weighted by molar-refractivity contribution is 7.88. The van der Waals surface area contributed by atoms with Gasteiger partial charge in [0.1, 0.15) is 0 Å². The second-order valence-electron chi connectivity index (χ2n) is 5.26. The summed E-state index contributed by atoms with van der Waals surface area (Å²) in [4.78, 5) is 10.7. The molecule has 0 aliphatic carbocycles. The Bertz CT molecular complexity index is 549. The molecule has 0 amide bonds. The van der Waals surface area contributed by atoms with Gasteiger partial charge >= 0.3 is 5.97 Å². The molecule has 0 spiro atoms. The highest BCUT2D eigenvalue weighted by atomic mass is 32.2. The Kier molecular flexibility index (Phi) is 5.71. The number of sulfonamides is 1. The Labute approximate surface area is 120 Å². The smallest absolute Gasteiger partial charge is 0.335 e. The van der Waals surface area contributed by atoms with Crippen LogP contribution in [0, 0.1) is 5.92 Å². The second kappa shape index (κ2) is 6.85. The first kappa shape index (κ1) is 16.7. The van der Waals surface area contributed by atoms with Crippen molar-refractivity contribution in [2.75, 3.05) is 13.6 Å². The average molecular weight is 299 g/mol. The quantitative estimate of drug-likeness (QED) is 0.837. The number of carboxylic acids is 1. The van der Waals surface area contributed by atoms with Crippen LogP contribution in [0.5, 0.6) is 0 Å². The third-order valence-electron chi connectivity index (χ3n) is 3.05. The summed E-state index contributed by atoms with van der Waals surface area (Å²) in [5, 5.41) is 8.79. The predicted octanol–water partition coefficient (Wildman–Crippen LogP) is 2.19. The summed E-state index contributed by atoms with van der Waals surface area (Å²) in [7, 11) is -1.78. The lowest BCUT2D eigenvalue weighted by Gasteiger charge is -2.18. The molecule has 0 radical (unpaired) electrons. The van der Waals surface area contributed by atoms with Crippen LogP contribution in [0.2, 0.25) is 0 Å². The average Bonchev–Trinajstić information content (AvgIpc) is 2.35. The first-order chi connectivity index (χ1) is 9.22. The topological polar surface area (TPSA) is 74.7 Å². The minimum Gasteiger partial charge on any atom is -0.478 e. The van der Waals surface area contributed by atoms with Gasteiger partial charge in [-0.1, -0.05) is 26.0 Å². The SMILES string of the molecule is CC(C)CCN(C)S(=O)(=O)Cc1ccc(C(=O)O)cc1. The van der Waals surface area contributed by atoms with Crippen molar-refractivity contribution in [3.05, 3.63) is 35.4 Å². The van der Waals surface area contributed by atoms with Gasteiger partial charge < -0.3 is 5.11 Å². The highest BCUT2D eigenvalue weighted by Gasteiger charge is 2.18. The maximum Gasteiger partial charge on any atom is 0.335 e. The molecule has 20 heavy (non-hydrogen) atoms. The fourth-order valence-electron chi connectivity index (χ4n) is 1.64. The Morgan fingerprint density at radius 3 is 2.25 bits per heavy atom. The summed E-state index contributed by atoms with van der Waals surface area (Å²) < 4.78 is 25.6. The summed E-state index contributed by atoms with van der Waals surface area (Å²) in [6.45, 7) is 4.59. The zero-order valence-electron chi connectivity index (χ0n) is 12.0. The van der Waals surface area contributed by atoms with Gasteiger partial charge in [-0.2, -0.15) is 0 Å². The van der Waals surface area contributed by atoms with E-state index >= 15 is 0 Å². The Morgan fingerprint density at radius 2 is 1.80 bits per heavy atom. The van der Waals surface area contributed by atoms with E-state index < -0.39 is 16.0 Å². The minimum atomic E-state index is -3.36. The summed E-state index contributed by atoms with van der Waals surface area (Å²) in [6, 6.07) is 5.91. The fourth-order valence-corrected chi connectivity index (χ4v) is 2.86. The molecule has 1 aromatic carbocycles.